The van der Waals surface area contributed by atoms with Gasteiger partial charge in [-0.1, -0.05) is 18.9 Å². The first-order valence-electron chi connectivity index (χ1n) is 7.12. The monoisotopic (exact) mass is 279 g/mol. The number of carbonyl (C=O) groups excluding carboxylic acids is 2. The fraction of sp³-hybridized carbons (Fsp3) is 0.600. The Bertz CT molecular complexity index is 414. The second kappa shape index (κ2) is 7.43. The molecule has 1 fully saturated rings. The molecule has 0 unspecified atom stereocenters. The minimum atomic E-state index is 0.203. The standard InChI is InChI=1S/C15H21NO2S/c17-13(14-8-6-12-19-14)7-5-11-16-10-4-2-1-3-9-15(16)18/h6,8,12H,1-5,7,9-11H2. The van der Waals surface area contributed by atoms with E-state index in [-0.39, 0.29) is 11.7 Å². The highest BCUT2D eigenvalue weighted by atomic mass is 32.1. The molecule has 2 heterocycles. The highest BCUT2D eigenvalue weighted by Gasteiger charge is 2.15. The van der Waals surface area contributed by atoms with Crippen LogP contribution in [0.5, 0.6) is 0 Å². The molecule has 0 aromatic carbocycles. The van der Waals surface area contributed by atoms with Crippen molar-refractivity contribution in [2.45, 2.75) is 44.9 Å². The van der Waals surface area contributed by atoms with Crippen LogP contribution in [0.25, 0.3) is 0 Å². The van der Waals surface area contributed by atoms with Gasteiger partial charge in [0.05, 0.1) is 4.88 Å². The van der Waals surface area contributed by atoms with E-state index in [1.165, 1.54) is 24.2 Å². The summed E-state index contributed by atoms with van der Waals surface area (Å²) in [5.74, 6) is 0.470. The predicted octanol–water partition coefficient (Wildman–Crippen LogP) is 3.50. The second-order valence-electron chi connectivity index (χ2n) is 5.05. The molecule has 1 aliphatic rings. The summed E-state index contributed by atoms with van der Waals surface area (Å²) in [6, 6.07) is 3.77. The molecule has 1 aromatic rings. The van der Waals surface area contributed by atoms with Gasteiger partial charge in [-0.25, -0.2) is 0 Å². The molecule has 1 amide bonds. The predicted molar refractivity (Wildman–Crippen MR) is 77.5 cm³/mol. The number of ketones is 1. The zero-order valence-corrected chi connectivity index (χ0v) is 12.1. The highest BCUT2D eigenvalue weighted by molar-refractivity contribution is 7.12. The minimum Gasteiger partial charge on any atom is -0.343 e. The first kappa shape index (κ1) is 14.3. The molecule has 0 aliphatic carbocycles. The largest absolute Gasteiger partial charge is 0.343 e. The van der Waals surface area contributed by atoms with E-state index in [9.17, 15) is 9.59 Å². The zero-order valence-electron chi connectivity index (χ0n) is 11.3. The maximum absolute atomic E-state index is 11.9. The number of hydrogen-bond acceptors (Lipinski definition) is 3. The number of nitrogens with zero attached hydrogens (tertiary/aromatic N) is 1. The van der Waals surface area contributed by atoms with E-state index in [4.69, 9.17) is 0 Å². The summed E-state index contributed by atoms with van der Waals surface area (Å²) in [7, 11) is 0. The second-order valence-corrected chi connectivity index (χ2v) is 6.00. The average molecular weight is 279 g/mol. The molecule has 0 spiro atoms. The molecule has 1 saturated heterocycles. The van der Waals surface area contributed by atoms with E-state index in [1.807, 2.05) is 22.4 Å². The fourth-order valence-electron chi connectivity index (χ4n) is 2.44. The maximum atomic E-state index is 11.9. The lowest BCUT2D eigenvalue weighted by atomic mass is 10.1. The van der Waals surface area contributed by atoms with E-state index >= 15 is 0 Å². The molecule has 0 atom stereocenters. The first-order chi connectivity index (χ1) is 9.27. The van der Waals surface area contributed by atoms with Gasteiger partial charge in [0.2, 0.25) is 5.91 Å². The van der Waals surface area contributed by atoms with Crippen molar-refractivity contribution < 1.29 is 9.59 Å². The lowest BCUT2D eigenvalue weighted by Gasteiger charge is -2.24. The molecule has 1 aliphatic heterocycles. The van der Waals surface area contributed by atoms with Crippen molar-refractivity contribution in [3.05, 3.63) is 22.4 Å². The van der Waals surface area contributed by atoms with E-state index in [0.717, 1.165) is 37.2 Å². The molecular weight excluding hydrogens is 258 g/mol. The molecule has 0 radical (unpaired) electrons. The summed E-state index contributed by atoms with van der Waals surface area (Å²) < 4.78 is 0. The topological polar surface area (TPSA) is 37.4 Å². The highest BCUT2D eigenvalue weighted by Crippen LogP contribution is 2.15. The van der Waals surface area contributed by atoms with Crippen molar-refractivity contribution in [2.24, 2.45) is 0 Å². The minimum absolute atomic E-state index is 0.203. The third-order valence-electron chi connectivity index (χ3n) is 3.55. The Morgan fingerprint density at radius 3 is 2.89 bits per heavy atom. The molecule has 2 rings (SSSR count). The van der Waals surface area contributed by atoms with Gasteiger partial charge >= 0.3 is 0 Å². The van der Waals surface area contributed by atoms with Crippen LogP contribution in [-0.2, 0) is 4.79 Å². The third-order valence-corrected chi connectivity index (χ3v) is 4.46. The fourth-order valence-corrected chi connectivity index (χ4v) is 3.14. The van der Waals surface area contributed by atoms with E-state index in [2.05, 4.69) is 0 Å². The summed E-state index contributed by atoms with van der Waals surface area (Å²) in [6.45, 7) is 1.60. The van der Waals surface area contributed by atoms with Gasteiger partial charge in [0.1, 0.15) is 0 Å². The van der Waals surface area contributed by atoms with Gasteiger partial charge in [-0.15, -0.1) is 11.3 Å². The van der Waals surface area contributed by atoms with Crippen molar-refractivity contribution in [1.29, 1.82) is 0 Å². The van der Waals surface area contributed by atoms with Crippen LogP contribution in [0, 0.1) is 0 Å². The Morgan fingerprint density at radius 2 is 2.11 bits per heavy atom. The number of rotatable bonds is 5. The average Bonchev–Trinajstić information content (AvgIpc) is 2.91. The van der Waals surface area contributed by atoms with Gasteiger partial charge in [0, 0.05) is 25.9 Å². The molecular formula is C15H21NO2S. The number of amides is 1. The summed E-state index contributed by atoms with van der Waals surface area (Å²) >= 11 is 1.49. The van der Waals surface area contributed by atoms with Gasteiger partial charge in [-0.05, 0) is 30.7 Å². The van der Waals surface area contributed by atoms with Crippen molar-refractivity contribution in [2.75, 3.05) is 13.1 Å². The van der Waals surface area contributed by atoms with Crippen LogP contribution in [-0.4, -0.2) is 29.7 Å². The summed E-state index contributed by atoms with van der Waals surface area (Å²) in [6.07, 6.45) is 6.52. The van der Waals surface area contributed by atoms with Gasteiger partial charge in [0.25, 0.3) is 0 Å². The van der Waals surface area contributed by atoms with E-state index < -0.39 is 0 Å². The summed E-state index contributed by atoms with van der Waals surface area (Å²) in [4.78, 5) is 26.6. The normalized spacial score (nSPS) is 17.1. The van der Waals surface area contributed by atoms with Crippen LogP contribution in [0.3, 0.4) is 0 Å². The molecule has 19 heavy (non-hydrogen) atoms. The van der Waals surface area contributed by atoms with E-state index in [0.29, 0.717) is 12.8 Å². The molecule has 0 bridgehead atoms. The van der Waals surface area contributed by atoms with Crippen LogP contribution >= 0.6 is 11.3 Å². The number of carbonyl (C=O) groups is 2. The van der Waals surface area contributed by atoms with Crippen molar-refractivity contribution in [1.82, 2.24) is 4.90 Å². The number of thiophene rings is 1. The van der Waals surface area contributed by atoms with Crippen LogP contribution < -0.4 is 0 Å². The van der Waals surface area contributed by atoms with E-state index in [1.54, 1.807) is 0 Å². The molecule has 0 N–H and O–H groups in total. The number of hydrogen-bond donors (Lipinski definition) is 0. The lowest BCUT2D eigenvalue weighted by Crippen LogP contribution is -2.33. The SMILES string of the molecule is O=C(CCCN1CCCCCCC1=O)c1cccs1. The van der Waals surface area contributed by atoms with Gasteiger partial charge < -0.3 is 4.90 Å². The van der Waals surface area contributed by atoms with Gasteiger partial charge in [0.15, 0.2) is 5.78 Å². The Hall–Kier alpha value is -1.16. The van der Waals surface area contributed by atoms with Crippen molar-refractivity contribution in [3.8, 4) is 0 Å². The Kier molecular flexibility index (Phi) is 5.58. The van der Waals surface area contributed by atoms with Crippen LogP contribution in [0.15, 0.2) is 17.5 Å². The summed E-state index contributed by atoms with van der Waals surface area (Å²) in [5.41, 5.74) is 0. The van der Waals surface area contributed by atoms with Crippen molar-refractivity contribution in [3.63, 3.8) is 0 Å². The maximum Gasteiger partial charge on any atom is 0.222 e. The zero-order chi connectivity index (χ0) is 13.5. The molecule has 1 aromatic heterocycles. The van der Waals surface area contributed by atoms with Gasteiger partial charge in [-0.3, -0.25) is 9.59 Å². The van der Waals surface area contributed by atoms with Crippen LogP contribution in [0.4, 0.5) is 0 Å². The molecule has 4 heteroatoms. The van der Waals surface area contributed by atoms with Crippen molar-refractivity contribution >= 4 is 23.0 Å². The lowest BCUT2D eigenvalue weighted by molar-refractivity contribution is -0.131. The third kappa shape index (κ3) is 4.46. The van der Waals surface area contributed by atoms with Crippen LogP contribution in [0.1, 0.15) is 54.6 Å². The number of Topliss-reactive ketones (excluding diaryl/α,β-unsaturated/α-hetero) is 1. The number of likely N-dealkylation sites (tertiary alicyclic amines) is 1. The Balaban J connectivity index is 1.74. The molecule has 3 nitrogen and oxygen atoms in total. The smallest absolute Gasteiger partial charge is 0.222 e. The molecule has 104 valence electrons. The van der Waals surface area contributed by atoms with Gasteiger partial charge in [-0.2, -0.15) is 0 Å². The quantitative estimate of drug-likeness (QED) is 0.774. The molecule has 0 saturated carbocycles. The van der Waals surface area contributed by atoms with Crippen LogP contribution in [0.2, 0.25) is 0 Å². The Morgan fingerprint density at radius 1 is 1.26 bits per heavy atom. The first-order valence-corrected chi connectivity index (χ1v) is 8.00. The Labute approximate surface area is 118 Å². The summed E-state index contributed by atoms with van der Waals surface area (Å²) in [5, 5.41) is 1.93.